The minimum Gasteiger partial charge on any atom is -0.310 e. The van der Waals surface area contributed by atoms with Crippen molar-refractivity contribution < 1.29 is 0 Å². The Morgan fingerprint density at radius 2 is 2.00 bits per heavy atom. The van der Waals surface area contributed by atoms with Crippen LogP contribution in [0.15, 0.2) is 0 Å². The Balaban J connectivity index is 2.53. The Hall–Kier alpha value is -0.0400. The molecule has 0 saturated heterocycles. The lowest BCUT2D eigenvalue weighted by Crippen LogP contribution is -2.25. The van der Waals surface area contributed by atoms with Crippen molar-refractivity contribution in [2.24, 2.45) is 11.8 Å². The van der Waals surface area contributed by atoms with Gasteiger partial charge in [-0.3, -0.25) is 0 Å². The summed E-state index contributed by atoms with van der Waals surface area (Å²) in [4.78, 5) is 0. The van der Waals surface area contributed by atoms with E-state index in [2.05, 4.69) is 6.92 Å². The third-order valence-electron chi connectivity index (χ3n) is 3.55. The summed E-state index contributed by atoms with van der Waals surface area (Å²) in [5.41, 5.74) is 0.779. The van der Waals surface area contributed by atoms with Crippen LogP contribution in [-0.4, -0.2) is 11.1 Å². The zero-order valence-corrected chi connectivity index (χ0v) is 10.1. The summed E-state index contributed by atoms with van der Waals surface area (Å²) in [7, 11) is 0. The minimum absolute atomic E-state index is 0.213. The first kappa shape index (κ1) is 12.0. The van der Waals surface area contributed by atoms with Gasteiger partial charge in [0, 0.05) is 17.0 Å². The van der Waals surface area contributed by atoms with E-state index in [1.807, 2.05) is 6.92 Å². The summed E-state index contributed by atoms with van der Waals surface area (Å²) in [6.07, 6.45) is 7.36. The maximum absolute atomic E-state index is 7.73. The number of nitrogens with one attached hydrogen (secondary N) is 1. The van der Waals surface area contributed by atoms with E-state index < -0.39 is 0 Å². The standard InChI is InChI=1S/C12H22ClN/c1-3-10-5-4-6-12(13)11(8-7-10)9(2)14/h10-12,14H,3-8H2,1-2H3/t10-,11+,12?/m0/s1. The predicted octanol–water partition coefficient (Wildman–Crippen LogP) is 4.24. The van der Waals surface area contributed by atoms with Crippen molar-refractivity contribution >= 4 is 17.3 Å². The average Bonchev–Trinajstić information content (AvgIpc) is 2.10. The van der Waals surface area contributed by atoms with Gasteiger partial charge in [0.05, 0.1) is 0 Å². The number of hydrogen-bond acceptors (Lipinski definition) is 1. The molecule has 1 rings (SSSR count). The molecule has 1 aliphatic carbocycles. The van der Waals surface area contributed by atoms with Crippen LogP contribution in [-0.2, 0) is 0 Å². The molecule has 82 valence electrons. The summed E-state index contributed by atoms with van der Waals surface area (Å²) in [5.74, 6) is 1.21. The second-order valence-corrected chi connectivity index (χ2v) is 5.15. The Morgan fingerprint density at radius 1 is 1.29 bits per heavy atom. The topological polar surface area (TPSA) is 23.9 Å². The van der Waals surface area contributed by atoms with E-state index in [1.165, 1.54) is 25.7 Å². The number of halogens is 1. The van der Waals surface area contributed by atoms with Crippen molar-refractivity contribution in [1.29, 1.82) is 5.41 Å². The van der Waals surface area contributed by atoms with E-state index in [0.29, 0.717) is 5.92 Å². The van der Waals surface area contributed by atoms with Crippen LogP contribution in [0.1, 0.15) is 52.4 Å². The lowest BCUT2D eigenvalue weighted by Gasteiger charge is -2.27. The molecular weight excluding hydrogens is 194 g/mol. The van der Waals surface area contributed by atoms with Crippen molar-refractivity contribution in [2.75, 3.05) is 0 Å². The van der Waals surface area contributed by atoms with E-state index in [4.69, 9.17) is 17.0 Å². The molecule has 0 amide bonds. The van der Waals surface area contributed by atoms with Gasteiger partial charge in [-0.05, 0) is 32.1 Å². The number of rotatable bonds is 2. The molecule has 1 nitrogen and oxygen atoms in total. The highest BCUT2D eigenvalue weighted by atomic mass is 35.5. The van der Waals surface area contributed by atoms with E-state index in [1.54, 1.807) is 0 Å². The van der Waals surface area contributed by atoms with Crippen LogP contribution >= 0.6 is 11.6 Å². The molecule has 0 spiro atoms. The summed E-state index contributed by atoms with van der Waals surface area (Å²) in [6, 6.07) is 0. The smallest absolute Gasteiger partial charge is 0.0416 e. The first-order valence-electron chi connectivity index (χ1n) is 5.84. The van der Waals surface area contributed by atoms with E-state index in [0.717, 1.165) is 24.5 Å². The minimum atomic E-state index is 0.213. The second-order valence-electron chi connectivity index (χ2n) is 4.59. The molecule has 1 unspecified atom stereocenters. The molecule has 14 heavy (non-hydrogen) atoms. The van der Waals surface area contributed by atoms with Crippen molar-refractivity contribution in [3.05, 3.63) is 0 Å². The molecule has 0 aliphatic heterocycles. The lowest BCUT2D eigenvalue weighted by molar-refractivity contribution is 0.347. The van der Waals surface area contributed by atoms with Crippen LogP contribution in [0, 0.1) is 17.2 Å². The van der Waals surface area contributed by atoms with Gasteiger partial charge in [0.2, 0.25) is 0 Å². The first-order chi connectivity index (χ1) is 6.65. The molecule has 0 bridgehead atoms. The predicted molar refractivity (Wildman–Crippen MR) is 63.4 cm³/mol. The number of hydrogen-bond donors (Lipinski definition) is 1. The SMILES string of the molecule is CC[C@H]1CCCC(Cl)[C@@H](C(C)=N)CC1. The number of alkyl halides is 1. The molecular formula is C12H22ClN. The van der Waals surface area contributed by atoms with Crippen LogP contribution in [0.4, 0.5) is 0 Å². The zero-order chi connectivity index (χ0) is 10.6. The maximum atomic E-state index is 7.73. The average molecular weight is 216 g/mol. The van der Waals surface area contributed by atoms with Gasteiger partial charge in [-0.25, -0.2) is 0 Å². The highest BCUT2D eigenvalue weighted by molar-refractivity contribution is 6.22. The van der Waals surface area contributed by atoms with E-state index >= 15 is 0 Å². The van der Waals surface area contributed by atoms with Crippen molar-refractivity contribution in [3.63, 3.8) is 0 Å². The van der Waals surface area contributed by atoms with Crippen molar-refractivity contribution in [1.82, 2.24) is 0 Å². The summed E-state index contributed by atoms with van der Waals surface area (Å²) in [5, 5.41) is 7.94. The van der Waals surface area contributed by atoms with Gasteiger partial charge in [0.15, 0.2) is 0 Å². The molecule has 0 heterocycles. The van der Waals surface area contributed by atoms with E-state index in [9.17, 15) is 0 Å². The third-order valence-corrected chi connectivity index (χ3v) is 4.07. The first-order valence-corrected chi connectivity index (χ1v) is 6.28. The molecule has 3 atom stereocenters. The van der Waals surface area contributed by atoms with Crippen LogP contribution in [0.25, 0.3) is 0 Å². The monoisotopic (exact) mass is 215 g/mol. The van der Waals surface area contributed by atoms with Gasteiger partial charge in [-0.1, -0.05) is 26.2 Å². The molecule has 1 aliphatic rings. The zero-order valence-electron chi connectivity index (χ0n) is 9.35. The molecule has 0 radical (unpaired) electrons. The fourth-order valence-electron chi connectivity index (χ4n) is 2.44. The van der Waals surface area contributed by atoms with Gasteiger partial charge in [-0.2, -0.15) is 0 Å². The van der Waals surface area contributed by atoms with E-state index in [-0.39, 0.29) is 5.38 Å². The van der Waals surface area contributed by atoms with Gasteiger partial charge in [-0.15, -0.1) is 11.6 Å². The highest BCUT2D eigenvalue weighted by Crippen LogP contribution is 2.31. The van der Waals surface area contributed by atoms with Crippen LogP contribution in [0.3, 0.4) is 0 Å². The van der Waals surface area contributed by atoms with Crippen LogP contribution in [0.5, 0.6) is 0 Å². The van der Waals surface area contributed by atoms with Gasteiger partial charge >= 0.3 is 0 Å². The summed E-state index contributed by atoms with van der Waals surface area (Å²) in [6.45, 7) is 4.18. The Morgan fingerprint density at radius 3 is 2.57 bits per heavy atom. The van der Waals surface area contributed by atoms with Crippen molar-refractivity contribution in [3.8, 4) is 0 Å². The lowest BCUT2D eigenvalue weighted by atomic mass is 9.82. The van der Waals surface area contributed by atoms with Gasteiger partial charge in [0.25, 0.3) is 0 Å². The molecule has 2 heteroatoms. The third kappa shape index (κ3) is 3.27. The Bertz CT molecular complexity index is 191. The maximum Gasteiger partial charge on any atom is 0.0416 e. The molecule has 1 fully saturated rings. The van der Waals surface area contributed by atoms with Gasteiger partial charge in [0.1, 0.15) is 0 Å². The Labute approximate surface area is 92.7 Å². The Kier molecular flexibility index (Phi) is 4.94. The fourth-order valence-corrected chi connectivity index (χ4v) is 2.91. The fraction of sp³-hybridized carbons (Fsp3) is 0.917. The van der Waals surface area contributed by atoms with Gasteiger partial charge < -0.3 is 5.41 Å². The molecule has 1 N–H and O–H groups in total. The summed E-state index contributed by atoms with van der Waals surface area (Å²) < 4.78 is 0. The van der Waals surface area contributed by atoms with Crippen LogP contribution in [0.2, 0.25) is 0 Å². The highest BCUT2D eigenvalue weighted by Gasteiger charge is 2.24. The molecule has 0 aromatic heterocycles. The molecule has 0 aromatic rings. The quantitative estimate of drug-likeness (QED) is 0.526. The molecule has 0 aromatic carbocycles. The second kappa shape index (κ2) is 5.75. The van der Waals surface area contributed by atoms with Crippen LogP contribution < -0.4 is 0 Å². The van der Waals surface area contributed by atoms with Crippen molar-refractivity contribution in [2.45, 2.75) is 57.7 Å². The largest absolute Gasteiger partial charge is 0.310 e. The molecule has 1 saturated carbocycles. The normalized spacial score (nSPS) is 34.6. The summed E-state index contributed by atoms with van der Waals surface area (Å²) >= 11 is 6.30.